The third-order valence-corrected chi connectivity index (χ3v) is 14.0. The van der Waals surface area contributed by atoms with Crippen LogP contribution in [0.25, 0.3) is 0 Å². The van der Waals surface area contributed by atoms with Gasteiger partial charge in [0, 0.05) is 19.3 Å². The zero-order valence-electron chi connectivity index (χ0n) is 48.2. The molecule has 72 heavy (non-hydrogen) atoms. The Hall–Kier alpha value is -2.63. The summed E-state index contributed by atoms with van der Waals surface area (Å²) in [7, 11) is 0. The van der Waals surface area contributed by atoms with Crippen molar-refractivity contribution in [2.75, 3.05) is 13.2 Å². The van der Waals surface area contributed by atoms with Crippen LogP contribution in [-0.2, 0) is 28.6 Å². The van der Waals surface area contributed by atoms with Gasteiger partial charge in [0.15, 0.2) is 6.10 Å². The summed E-state index contributed by atoms with van der Waals surface area (Å²) in [5, 5.41) is 0. The van der Waals surface area contributed by atoms with Crippen LogP contribution in [-0.4, -0.2) is 37.2 Å². The van der Waals surface area contributed by atoms with Crippen LogP contribution < -0.4 is 0 Å². The Kier molecular flexibility index (Phi) is 58.7. The molecule has 0 saturated carbocycles. The average molecular weight is 1010 g/mol. The van der Waals surface area contributed by atoms with E-state index in [1.807, 2.05) is 0 Å². The molecule has 0 N–H and O–H groups in total. The van der Waals surface area contributed by atoms with E-state index < -0.39 is 6.10 Å². The molecule has 0 aliphatic carbocycles. The van der Waals surface area contributed by atoms with Gasteiger partial charge in [0.25, 0.3) is 0 Å². The molecule has 0 rings (SSSR count). The van der Waals surface area contributed by atoms with Crippen LogP contribution in [0.1, 0.15) is 335 Å². The molecule has 0 bridgehead atoms. The van der Waals surface area contributed by atoms with Gasteiger partial charge in [-0.05, 0) is 103 Å². The molecule has 0 heterocycles. The fourth-order valence-corrected chi connectivity index (χ4v) is 9.23. The molecule has 6 heteroatoms. The molecule has 0 fully saturated rings. The molecular weight excluding hydrogens is 889 g/mol. The van der Waals surface area contributed by atoms with Crippen LogP contribution in [0.3, 0.4) is 0 Å². The first kappa shape index (κ1) is 69.4. The van der Waals surface area contributed by atoms with E-state index in [2.05, 4.69) is 69.4 Å². The monoisotopic (exact) mass is 1010 g/mol. The van der Waals surface area contributed by atoms with Gasteiger partial charge in [0.2, 0.25) is 0 Å². The third kappa shape index (κ3) is 58.3. The lowest BCUT2D eigenvalue weighted by Crippen LogP contribution is -2.30. The molecule has 0 saturated heterocycles. The second kappa shape index (κ2) is 60.9. The number of esters is 3. The summed E-state index contributed by atoms with van der Waals surface area (Å²) in [6, 6.07) is 0. The Bertz CT molecular complexity index is 1250. The Morgan fingerprint density at radius 3 is 0.806 bits per heavy atom. The van der Waals surface area contributed by atoms with Gasteiger partial charge in [-0.15, -0.1) is 0 Å². The summed E-state index contributed by atoms with van der Waals surface area (Å²) in [6.07, 6.45) is 75.3. The maximum Gasteiger partial charge on any atom is 0.306 e. The molecule has 420 valence electrons. The molecule has 0 radical (unpaired) electrons. The molecule has 0 aliphatic rings. The first-order chi connectivity index (χ1) is 35.5. The van der Waals surface area contributed by atoms with Crippen LogP contribution >= 0.6 is 0 Å². The molecule has 1 unspecified atom stereocenters. The van der Waals surface area contributed by atoms with Crippen molar-refractivity contribution in [1.82, 2.24) is 0 Å². The van der Waals surface area contributed by atoms with Gasteiger partial charge in [-0.3, -0.25) is 14.4 Å². The van der Waals surface area contributed by atoms with E-state index in [0.717, 1.165) is 77.0 Å². The summed E-state index contributed by atoms with van der Waals surface area (Å²) in [4.78, 5) is 38.3. The van der Waals surface area contributed by atoms with Gasteiger partial charge in [-0.25, -0.2) is 0 Å². The number of ether oxygens (including phenoxy) is 3. The van der Waals surface area contributed by atoms with E-state index in [4.69, 9.17) is 14.2 Å². The van der Waals surface area contributed by atoms with Crippen LogP contribution in [0.5, 0.6) is 0 Å². The number of unbranched alkanes of at least 4 members (excludes halogenated alkanes) is 39. The predicted octanol–water partition coefficient (Wildman–Crippen LogP) is 21.4. The van der Waals surface area contributed by atoms with Crippen LogP contribution in [0.2, 0.25) is 0 Å². The van der Waals surface area contributed by atoms with Crippen molar-refractivity contribution in [2.24, 2.45) is 0 Å². The maximum atomic E-state index is 12.9. The lowest BCUT2D eigenvalue weighted by atomic mass is 10.1. The van der Waals surface area contributed by atoms with E-state index in [1.54, 1.807) is 0 Å². The standard InChI is InChI=1S/C66H120O6/c1-4-7-10-13-16-19-22-25-28-31-33-36-38-41-44-47-50-53-56-59-65(68)71-62-63(61-70-64(67)58-55-52-49-46-43-40-37-34-30-27-24-21-18-15-12-9-6-3)72-66(69)60-57-54-51-48-45-42-39-35-32-29-26-23-20-17-14-11-8-5-2/h18,21,27,30-31,33,35,39,63H,4-17,19-20,22-26,28-29,32,34,36-38,40-62H2,1-3H3/b21-18-,30-27-,33-31-,39-35-. The Labute approximate surface area is 448 Å². The van der Waals surface area contributed by atoms with E-state index in [-0.39, 0.29) is 31.1 Å². The van der Waals surface area contributed by atoms with Gasteiger partial charge in [0.1, 0.15) is 13.2 Å². The average Bonchev–Trinajstić information content (AvgIpc) is 3.38. The number of rotatable bonds is 58. The van der Waals surface area contributed by atoms with Gasteiger partial charge in [0.05, 0.1) is 0 Å². The molecule has 0 aromatic carbocycles. The summed E-state index contributed by atoms with van der Waals surface area (Å²) < 4.78 is 16.9. The topological polar surface area (TPSA) is 78.9 Å². The summed E-state index contributed by atoms with van der Waals surface area (Å²) >= 11 is 0. The van der Waals surface area contributed by atoms with Crippen LogP contribution in [0.15, 0.2) is 48.6 Å². The van der Waals surface area contributed by atoms with E-state index in [0.29, 0.717) is 19.3 Å². The summed E-state index contributed by atoms with van der Waals surface area (Å²) in [5.74, 6) is -0.881. The number of hydrogen-bond donors (Lipinski definition) is 0. The molecule has 0 aromatic rings. The van der Waals surface area contributed by atoms with E-state index in [9.17, 15) is 14.4 Å². The molecule has 0 spiro atoms. The highest BCUT2D eigenvalue weighted by Gasteiger charge is 2.19. The van der Waals surface area contributed by atoms with Crippen molar-refractivity contribution in [1.29, 1.82) is 0 Å². The third-order valence-electron chi connectivity index (χ3n) is 14.0. The fraction of sp³-hybridized carbons (Fsp3) is 0.833. The zero-order valence-corrected chi connectivity index (χ0v) is 48.2. The van der Waals surface area contributed by atoms with Gasteiger partial charge < -0.3 is 14.2 Å². The van der Waals surface area contributed by atoms with E-state index in [1.165, 1.54) is 218 Å². The largest absolute Gasteiger partial charge is 0.462 e. The number of hydrogen-bond acceptors (Lipinski definition) is 6. The lowest BCUT2D eigenvalue weighted by Gasteiger charge is -2.18. The van der Waals surface area contributed by atoms with Crippen molar-refractivity contribution in [3.63, 3.8) is 0 Å². The molecule has 0 aromatic heterocycles. The highest BCUT2D eigenvalue weighted by Crippen LogP contribution is 2.16. The first-order valence-electron chi connectivity index (χ1n) is 31.6. The van der Waals surface area contributed by atoms with Crippen molar-refractivity contribution in [3.8, 4) is 0 Å². The quantitative estimate of drug-likeness (QED) is 0.0261. The SMILES string of the molecule is CCCCC/C=C\C/C=C\CCCCCCCCCC(=O)OCC(COC(=O)CCCCCCCCC/C=C\CCCCCCCCCC)OC(=O)CCCCCCC/C=C\CCCCCCCCCCC. The van der Waals surface area contributed by atoms with Crippen LogP contribution in [0.4, 0.5) is 0 Å². The highest BCUT2D eigenvalue weighted by atomic mass is 16.6. The number of carbonyl (C=O) groups is 3. The van der Waals surface area contributed by atoms with Crippen molar-refractivity contribution in [3.05, 3.63) is 48.6 Å². The minimum atomic E-state index is -0.783. The molecule has 0 aliphatic heterocycles. The normalized spacial score (nSPS) is 12.3. The fourth-order valence-electron chi connectivity index (χ4n) is 9.23. The van der Waals surface area contributed by atoms with Crippen molar-refractivity contribution >= 4 is 17.9 Å². The Morgan fingerprint density at radius 2 is 0.500 bits per heavy atom. The maximum absolute atomic E-state index is 12.9. The second-order valence-electron chi connectivity index (χ2n) is 21.3. The van der Waals surface area contributed by atoms with Gasteiger partial charge >= 0.3 is 17.9 Å². The summed E-state index contributed by atoms with van der Waals surface area (Å²) in [6.45, 7) is 6.65. The predicted molar refractivity (Wildman–Crippen MR) is 312 cm³/mol. The minimum Gasteiger partial charge on any atom is -0.462 e. The zero-order chi connectivity index (χ0) is 52.2. The lowest BCUT2D eigenvalue weighted by molar-refractivity contribution is -0.167. The minimum absolute atomic E-state index is 0.0793. The molecule has 0 amide bonds. The first-order valence-corrected chi connectivity index (χ1v) is 31.6. The Balaban J connectivity index is 4.38. The Morgan fingerprint density at radius 1 is 0.278 bits per heavy atom. The van der Waals surface area contributed by atoms with Crippen LogP contribution in [0, 0.1) is 0 Å². The van der Waals surface area contributed by atoms with Crippen molar-refractivity contribution < 1.29 is 28.6 Å². The number of carbonyl (C=O) groups excluding carboxylic acids is 3. The highest BCUT2D eigenvalue weighted by molar-refractivity contribution is 5.71. The van der Waals surface area contributed by atoms with E-state index >= 15 is 0 Å². The smallest absolute Gasteiger partial charge is 0.306 e. The van der Waals surface area contributed by atoms with Crippen molar-refractivity contribution in [2.45, 2.75) is 341 Å². The molecule has 1 atom stereocenters. The second-order valence-corrected chi connectivity index (χ2v) is 21.3. The molecular formula is C66H120O6. The van der Waals surface area contributed by atoms with Gasteiger partial charge in [-0.1, -0.05) is 262 Å². The number of allylic oxidation sites excluding steroid dienone is 8. The summed E-state index contributed by atoms with van der Waals surface area (Å²) in [5.41, 5.74) is 0. The molecule has 6 nitrogen and oxygen atoms in total. The van der Waals surface area contributed by atoms with Gasteiger partial charge in [-0.2, -0.15) is 0 Å².